The van der Waals surface area contributed by atoms with E-state index in [0.29, 0.717) is 17.0 Å². The van der Waals surface area contributed by atoms with E-state index < -0.39 is 11.8 Å². The molecule has 4 rings (SSSR count). The van der Waals surface area contributed by atoms with Crippen LogP contribution in [0.25, 0.3) is 6.08 Å². The number of para-hydroxylation sites is 1. The maximum atomic E-state index is 13.1. The highest BCUT2D eigenvalue weighted by Crippen LogP contribution is 2.28. The Labute approximate surface area is 180 Å². The van der Waals surface area contributed by atoms with Crippen molar-refractivity contribution in [3.05, 3.63) is 99.8 Å². The number of nitrogens with one attached hydrogen (secondary N) is 1. The zero-order valence-electron chi connectivity index (χ0n) is 15.6. The van der Waals surface area contributed by atoms with Crippen molar-refractivity contribution in [2.75, 3.05) is 5.01 Å². The number of nitrogens with zero attached hydrogens (tertiary/aromatic N) is 1. The minimum absolute atomic E-state index is 0.00332. The molecule has 1 aliphatic heterocycles. The lowest BCUT2D eigenvalue weighted by atomic mass is 10.1. The number of hydrogen-bond acceptors (Lipinski definition) is 3. The van der Waals surface area contributed by atoms with E-state index in [4.69, 9.17) is 4.74 Å². The van der Waals surface area contributed by atoms with Gasteiger partial charge in [0.25, 0.3) is 11.8 Å². The summed E-state index contributed by atoms with van der Waals surface area (Å²) in [6.07, 6.45) is 1.51. The maximum Gasteiger partial charge on any atom is 0.282 e. The number of carbonyl (C=O) groups is 2. The first-order valence-electron chi connectivity index (χ1n) is 9.10. The number of ether oxygens (including phenoxy) is 1. The van der Waals surface area contributed by atoms with Crippen LogP contribution < -0.4 is 15.2 Å². The van der Waals surface area contributed by atoms with Crippen LogP contribution >= 0.6 is 15.9 Å². The second-order valence-corrected chi connectivity index (χ2v) is 7.49. The minimum Gasteiger partial charge on any atom is -0.488 e. The van der Waals surface area contributed by atoms with Crippen molar-refractivity contribution in [3.63, 3.8) is 0 Å². The molecule has 7 heteroatoms. The molecule has 5 nitrogen and oxygen atoms in total. The summed E-state index contributed by atoms with van der Waals surface area (Å²) in [6.45, 7) is 0.217. The zero-order valence-corrected chi connectivity index (χ0v) is 17.2. The molecule has 1 fully saturated rings. The fraction of sp³-hybridized carbons (Fsp3) is 0.0435. The van der Waals surface area contributed by atoms with Crippen LogP contribution in [0.3, 0.4) is 0 Å². The largest absolute Gasteiger partial charge is 0.488 e. The third kappa shape index (κ3) is 4.26. The standard InChI is InChI=1S/C23H16BrFN2O3/c24-17-8-11-21(30-14-15-6-9-18(25)10-7-15)16(12-17)13-20-22(28)26-27(23(20)29)19-4-2-1-3-5-19/h1-13H,14H2,(H,26,28)/b20-13+. The molecule has 0 spiro atoms. The van der Waals surface area contributed by atoms with E-state index in [1.54, 1.807) is 54.6 Å². The smallest absolute Gasteiger partial charge is 0.282 e. The highest BCUT2D eigenvalue weighted by atomic mass is 79.9. The Morgan fingerprint density at radius 2 is 1.73 bits per heavy atom. The summed E-state index contributed by atoms with van der Waals surface area (Å²) in [6, 6.07) is 20.2. The monoisotopic (exact) mass is 466 g/mol. The normalized spacial score (nSPS) is 14.9. The van der Waals surface area contributed by atoms with Gasteiger partial charge in [0.1, 0.15) is 23.7 Å². The molecule has 150 valence electrons. The van der Waals surface area contributed by atoms with Gasteiger partial charge in [0.15, 0.2) is 0 Å². The van der Waals surface area contributed by atoms with Crippen LogP contribution in [-0.2, 0) is 16.2 Å². The van der Waals surface area contributed by atoms with Gasteiger partial charge in [-0.15, -0.1) is 0 Å². The summed E-state index contributed by atoms with van der Waals surface area (Å²) >= 11 is 3.41. The van der Waals surface area contributed by atoms with Crippen molar-refractivity contribution in [2.45, 2.75) is 6.61 Å². The van der Waals surface area contributed by atoms with Crippen molar-refractivity contribution < 1.29 is 18.7 Å². The van der Waals surface area contributed by atoms with Gasteiger partial charge < -0.3 is 4.74 Å². The van der Waals surface area contributed by atoms with Crippen LogP contribution in [-0.4, -0.2) is 11.8 Å². The molecule has 0 aliphatic carbocycles. The van der Waals surface area contributed by atoms with Crippen molar-refractivity contribution >= 4 is 39.5 Å². The Hall–Kier alpha value is -3.45. The lowest BCUT2D eigenvalue weighted by Crippen LogP contribution is -2.35. The summed E-state index contributed by atoms with van der Waals surface area (Å²) < 4.78 is 19.7. The third-order valence-electron chi connectivity index (χ3n) is 4.49. The fourth-order valence-corrected chi connectivity index (χ4v) is 3.36. The predicted molar refractivity (Wildman–Crippen MR) is 115 cm³/mol. The minimum atomic E-state index is -0.492. The maximum absolute atomic E-state index is 13.1. The average Bonchev–Trinajstić information content (AvgIpc) is 3.03. The van der Waals surface area contributed by atoms with Gasteiger partial charge in [-0.05, 0) is 54.1 Å². The van der Waals surface area contributed by atoms with Gasteiger partial charge >= 0.3 is 0 Å². The number of amides is 2. The summed E-state index contributed by atoms with van der Waals surface area (Å²) in [5.74, 6) is -0.765. The van der Waals surface area contributed by atoms with E-state index in [9.17, 15) is 14.0 Å². The Morgan fingerprint density at radius 3 is 2.47 bits per heavy atom. The topological polar surface area (TPSA) is 58.6 Å². The zero-order chi connectivity index (χ0) is 21.1. The van der Waals surface area contributed by atoms with E-state index in [1.807, 2.05) is 6.07 Å². The van der Waals surface area contributed by atoms with Crippen molar-refractivity contribution in [2.24, 2.45) is 0 Å². The molecule has 2 amide bonds. The Morgan fingerprint density at radius 1 is 1.00 bits per heavy atom. The van der Waals surface area contributed by atoms with Crippen LogP contribution in [0.5, 0.6) is 5.75 Å². The first kappa shape index (κ1) is 19.8. The van der Waals surface area contributed by atoms with Gasteiger partial charge in [-0.25, -0.2) is 9.40 Å². The van der Waals surface area contributed by atoms with E-state index in [1.165, 1.54) is 23.2 Å². The van der Waals surface area contributed by atoms with Gasteiger partial charge in [0.2, 0.25) is 0 Å². The van der Waals surface area contributed by atoms with Crippen LogP contribution in [0.1, 0.15) is 11.1 Å². The van der Waals surface area contributed by atoms with Gasteiger partial charge in [-0.3, -0.25) is 15.0 Å². The molecule has 0 saturated carbocycles. The van der Waals surface area contributed by atoms with Crippen LogP contribution in [0.15, 0.2) is 82.8 Å². The van der Waals surface area contributed by atoms with Crippen LogP contribution in [0.2, 0.25) is 0 Å². The lowest BCUT2D eigenvalue weighted by Gasteiger charge is -2.14. The number of carbonyl (C=O) groups excluding carboxylic acids is 2. The van der Waals surface area contributed by atoms with Gasteiger partial charge in [-0.1, -0.05) is 46.3 Å². The highest BCUT2D eigenvalue weighted by Gasteiger charge is 2.34. The van der Waals surface area contributed by atoms with E-state index in [2.05, 4.69) is 21.4 Å². The van der Waals surface area contributed by atoms with Gasteiger partial charge in [-0.2, -0.15) is 0 Å². The van der Waals surface area contributed by atoms with Crippen LogP contribution in [0.4, 0.5) is 10.1 Å². The molecule has 0 unspecified atom stereocenters. The summed E-state index contributed by atoms with van der Waals surface area (Å²) in [7, 11) is 0. The Kier molecular flexibility index (Phi) is 5.63. The molecule has 30 heavy (non-hydrogen) atoms. The number of benzene rings is 3. The van der Waals surface area contributed by atoms with Crippen molar-refractivity contribution in [1.82, 2.24) is 5.43 Å². The molecule has 0 bridgehead atoms. The number of hydrogen-bond donors (Lipinski definition) is 1. The molecular weight excluding hydrogens is 451 g/mol. The molecule has 0 aromatic heterocycles. The fourth-order valence-electron chi connectivity index (χ4n) is 2.98. The Balaban J connectivity index is 1.61. The number of anilines is 1. The second kappa shape index (κ2) is 8.51. The lowest BCUT2D eigenvalue weighted by molar-refractivity contribution is -0.117. The molecule has 1 aliphatic rings. The first-order valence-corrected chi connectivity index (χ1v) is 9.89. The number of rotatable bonds is 5. The average molecular weight is 467 g/mol. The van der Waals surface area contributed by atoms with Gasteiger partial charge in [0.05, 0.1) is 5.69 Å². The number of halogens is 2. The molecule has 3 aromatic rings. The molecular formula is C23H16BrFN2O3. The Bertz CT molecular complexity index is 1130. The molecule has 1 saturated heterocycles. The number of hydrazine groups is 1. The second-order valence-electron chi connectivity index (χ2n) is 6.57. The van der Waals surface area contributed by atoms with Crippen molar-refractivity contribution in [1.29, 1.82) is 0 Å². The molecule has 0 radical (unpaired) electrons. The SMILES string of the molecule is O=C1NN(c2ccccc2)C(=O)/C1=C/c1cc(Br)ccc1OCc1ccc(F)cc1. The summed E-state index contributed by atoms with van der Waals surface area (Å²) in [4.78, 5) is 25.3. The summed E-state index contributed by atoms with van der Waals surface area (Å²) in [5.41, 5.74) is 4.51. The highest BCUT2D eigenvalue weighted by molar-refractivity contribution is 9.10. The van der Waals surface area contributed by atoms with E-state index in [-0.39, 0.29) is 18.0 Å². The predicted octanol–water partition coefficient (Wildman–Crippen LogP) is 4.63. The third-order valence-corrected chi connectivity index (χ3v) is 4.98. The molecule has 1 heterocycles. The van der Waals surface area contributed by atoms with E-state index >= 15 is 0 Å². The van der Waals surface area contributed by atoms with Crippen LogP contribution in [0, 0.1) is 5.82 Å². The first-order chi connectivity index (χ1) is 14.5. The molecule has 1 N–H and O–H groups in total. The quantitative estimate of drug-likeness (QED) is 0.440. The van der Waals surface area contributed by atoms with Crippen molar-refractivity contribution in [3.8, 4) is 5.75 Å². The molecule has 0 atom stereocenters. The summed E-state index contributed by atoms with van der Waals surface area (Å²) in [5, 5.41) is 1.21. The van der Waals surface area contributed by atoms with Gasteiger partial charge in [0, 0.05) is 10.0 Å². The van der Waals surface area contributed by atoms with E-state index in [0.717, 1.165) is 10.0 Å². The molecule has 3 aromatic carbocycles.